The highest BCUT2D eigenvalue weighted by Crippen LogP contribution is 2.23. The lowest BCUT2D eigenvalue weighted by molar-refractivity contribution is -0.143. The maximum Gasteiger partial charge on any atom is 0.330 e. The van der Waals surface area contributed by atoms with Gasteiger partial charge in [0.2, 0.25) is 5.91 Å². The van der Waals surface area contributed by atoms with Gasteiger partial charge in [-0.2, -0.15) is 0 Å². The highest BCUT2D eigenvalue weighted by atomic mass is 16.4. The predicted molar refractivity (Wildman–Crippen MR) is 66.7 cm³/mol. The standard InChI is InChI=1S/C12H24N2O3/c1-8(2)6-12(3,4)7-14-10(15)9(13-5)11(16)17/h8-9,13H,6-7H2,1-5H3,(H,14,15)(H,16,17). The number of carbonyl (C=O) groups excluding carboxylic acids is 1. The van der Waals surface area contributed by atoms with Crippen LogP contribution in [0.5, 0.6) is 0 Å². The summed E-state index contributed by atoms with van der Waals surface area (Å²) >= 11 is 0. The van der Waals surface area contributed by atoms with Crippen LogP contribution in [0.1, 0.15) is 34.1 Å². The van der Waals surface area contributed by atoms with E-state index in [1.807, 2.05) is 0 Å². The summed E-state index contributed by atoms with van der Waals surface area (Å²) < 4.78 is 0. The Kier molecular flexibility index (Phi) is 6.16. The molecule has 0 fully saturated rings. The van der Waals surface area contributed by atoms with Crippen LogP contribution in [-0.2, 0) is 9.59 Å². The van der Waals surface area contributed by atoms with Crippen LogP contribution in [0.3, 0.4) is 0 Å². The zero-order chi connectivity index (χ0) is 13.6. The topological polar surface area (TPSA) is 78.4 Å². The summed E-state index contributed by atoms with van der Waals surface area (Å²) in [5.74, 6) is -1.11. The molecule has 0 heterocycles. The van der Waals surface area contributed by atoms with E-state index in [9.17, 15) is 9.59 Å². The molecule has 0 rings (SSSR count). The van der Waals surface area contributed by atoms with Gasteiger partial charge in [0.25, 0.3) is 0 Å². The molecule has 1 amide bonds. The summed E-state index contributed by atoms with van der Waals surface area (Å²) in [6, 6.07) is -1.18. The van der Waals surface area contributed by atoms with Crippen molar-refractivity contribution in [3.05, 3.63) is 0 Å². The van der Waals surface area contributed by atoms with Gasteiger partial charge in [-0.1, -0.05) is 27.7 Å². The van der Waals surface area contributed by atoms with Crippen molar-refractivity contribution < 1.29 is 14.7 Å². The SMILES string of the molecule is CNC(C(=O)O)C(=O)NCC(C)(C)CC(C)C. The van der Waals surface area contributed by atoms with Gasteiger partial charge in [-0.15, -0.1) is 0 Å². The number of carboxylic acid groups (broad SMARTS) is 1. The van der Waals surface area contributed by atoms with Crippen LogP contribution in [0.25, 0.3) is 0 Å². The Morgan fingerprint density at radius 1 is 1.29 bits per heavy atom. The van der Waals surface area contributed by atoms with Crippen LogP contribution in [0.4, 0.5) is 0 Å². The lowest BCUT2D eigenvalue weighted by atomic mass is 9.84. The molecule has 0 aromatic rings. The first kappa shape index (κ1) is 15.9. The molecule has 0 saturated heterocycles. The second-order valence-electron chi connectivity index (χ2n) is 5.54. The van der Waals surface area contributed by atoms with Crippen LogP contribution in [-0.4, -0.2) is 36.6 Å². The number of amides is 1. The van der Waals surface area contributed by atoms with E-state index >= 15 is 0 Å². The van der Waals surface area contributed by atoms with Gasteiger partial charge in [0, 0.05) is 6.54 Å². The Morgan fingerprint density at radius 2 is 1.82 bits per heavy atom. The smallest absolute Gasteiger partial charge is 0.330 e. The molecule has 0 aromatic carbocycles. The van der Waals surface area contributed by atoms with Gasteiger partial charge in [0.15, 0.2) is 6.04 Å². The molecule has 1 unspecified atom stereocenters. The van der Waals surface area contributed by atoms with Crippen molar-refractivity contribution in [2.24, 2.45) is 11.3 Å². The lowest BCUT2D eigenvalue weighted by Gasteiger charge is -2.27. The molecule has 0 aromatic heterocycles. The zero-order valence-corrected chi connectivity index (χ0v) is 11.3. The number of carboxylic acids is 1. The Labute approximate surface area is 103 Å². The van der Waals surface area contributed by atoms with Gasteiger partial charge in [-0.25, -0.2) is 4.79 Å². The van der Waals surface area contributed by atoms with Crippen molar-refractivity contribution in [2.75, 3.05) is 13.6 Å². The molecule has 3 N–H and O–H groups in total. The molecule has 17 heavy (non-hydrogen) atoms. The summed E-state index contributed by atoms with van der Waals surface area (Å²) in [4.78, 5) is 22.3. The molecule has 0 aliphatic heterocycles. The number of hydrogen-bond donors (Lipinski definition) is 3. The first-order valence-electron chi connectivity index (χ1n) is 5.87. The van der Waals surface area contributed by atoms with E-state index in [-0.39, 0.29) is 5.41 Å². The zero-order valence-electron chi connectivity index (χ0n) is 11.3. The predicted octanol–water partition coefficient (Wildman–Crippen LogP) is 0.847. The van der Waals surface area contributed by atoms with E-state index in [2.05, 4.69) is 38.3 Å². The molecule has 0 bridgehead atoms. The third kappa shape index (κ3) is 6.26. The molecule has 0 aliphatic rings. The lowest BCUT2D eigenvalue weighted by Crippen LogP contribution is -2.49. The molecular weight excluding hydrogens is 220 g/mol. The molecule has 0 aliphatic carbocycles. The summed E-state index contributed by atoms with van der Waals surface area (Å²) in [6.07, 6.45) is 0.977. The Morgan fingerprint density at radius 3 is 2.18 bits per heavy atom. The molecule has 5 heteroatoms. The van der Waals surface area contributed by atoms with Crippen molar-refractivity contribution in [1.29, 1.82) is 0 Å². The van der Waals surface area contributed by atoms with Gasteiger partial charge in [-0.3, -0.25) is 10.1 Å². The second kappa shape index (κ2) is 6.59. The van der Waals surface area contributed by atoms with Crippen molar-refractivity contribution >= 4 is 11.9 Å². The first-order valence-corrected chi connectivity index (χ1v) is 5.87. The second-order valence-corrected chi connectivity index (χ2v) is 5.54. The number of rotatable bonds is 7. The first-order chi connectivity index (χ1) is 7.69. The summed E-state index contributed by atoms with van der Waals surface area (Å²) in [6.45, 7) is 8.84. The minimum absolute atomic E-state index is 0.0272. The van der Waals surface area contributed by atoms with Gasteiger partial charge < -0.3 is 10.4 Å². The van der Waals surface area contributed by atoms with E-state index in [1.54, 1.807) is 0 Å². The third-order valence-corrected chi connectivity index (χ3v) is 2.50. The number of likely N-dealkylation sites (N-methyl/N-ethyl adjacent to an activating group) is 1. The van der Waals surface area contributed by atoms with E-state index in [0.29, 0.717) is 12.5 Å². The van der Waals surface area contributed by atoms with Gasteiger partial charge >= 0.3 is 5.97 Å². The maximum atomic E-state index is 11.6. The average Bonchev–Trinajstić information content (AvgIpc) is 2.13. The van der Waals surface area contributed by atoms with E-state index in [0.717, 1.165) is 6.42 Å². The van der Waals surface area contributed by atoms with Crippen molar-refractivity contribution in [3.63, 3.8) is 0 Å². The van der Waals surface area contributed by atoms with Crippen molar-refractivity contribution in [3.8, 4) is 0 Å². The molecule has 0 spiro atoms. The summed E-state index contributed by atoms with van der Waals surface area (Å²) in [7, 11) is 1.46. The fourth-order valence-electron chi connectivity index (χ4n) is 1.97. The number of carbonyl (C=O) groups is 2. The van der Waals surface area contributed by atoms with Crippen LogP contribution in [0, 0.1) is 11.3 Å². The van der Waals surface area contributed by atoms with Crippen molar-refractivity contribution in [2.45, 2.75) is 40.2 Å². The van der Waals surface area contributed by atoms with E-state index in [1.165, 1.54) is 7.05 Å². The highest BCUT2D eigenvalue weighted by molar-refractivity contribution is 6.01. The Balaban J connectivity index is 4.27. The largest absolute Gasteiger partial charge is 0.480 e. The molecule has 1 atom stereocenters. The summed E-state index contributed by atoms with van der Waals surface area (Å²) in [5, 5.41) is 13.9. The number of aliphatic carboxylic acids is 1. The average molecular weight is 244 g/mol. The maximum absolute atomic E-state index is 11.6. The monoisotopic (exact) mass is 244 g/mol. The molecule has 0 saturated carbocycles. The van der Waals surface area contributed by atoms with E-state index in [4.69, 9.17) is 5.11 Å². The molecule has 5 nitrogen and oxygen atoms in total. The Bertz CT molecular complexity index is 275. The highest BCUT2D eigenvalue weighted by Gasteiger charge is 2.26. The fourth-order valence-corrected chi connectivity index (χ4v) is 1.97. The van der Waals surface area contributed by atoms with Gasteiger partial charge in [-0.05, 0) is 24.8 Å². The van der Waals surface area contributed by atoms with Crippen LogP contribution in [0.15, 0.2) is 0 Å². The number of nitrogens with one attached hydrogen (secondary N) is 2. The van der Waals surface area contributed by atoms with Crippen LogP contribution >= 0.6 is 0 Å². The Hall–Kier alpha value is -1.10. The molecule has 100 valence electrons. The quantitative estimate of drug-likeness (QED) is 0.580. The normalized spacial score (nSPS) is 13.5. The van der Waals surface area contributed by atoms with Crippen molar-refractivity contribution in [1.82, 2.24) is 10.6 Å². The van der Waals surface area contributed by atoms with Gasteiger partial charge in [0.1, 0.15) is 0 Å². The van der Waals surface area contributed by atoms with E-state index < -0.39 is 17.9 Å². The van der Waals surface area contributed by atoms with Crippen LogP contribution < -0.4 is 10.6 Å². The van der Waals surface area contributed by atoms with Gasteiger partial charge in [0.05, 0.1) is 0 Å². The fraction of sp³-hybridized carbons (Fsp3) is 0.833. The minimum atomic E-state index is -1.18. The minimum Gasteiger partial charge on any atom is -0.480 e. The third-order valence-electron chi connectivity index (χ3n) is 2.50. The summed E-state index contributed by atoms with van der Waals surface area (Å²) in [5.41, 5.74) is -0.0272. The molecule has 0 radical (unpaired) electrons. The molecular formula is C12H24N2O3. The van der Waals surface area contributed by atoms with Crippen LogP contribution in [0.2, 0.25) is 0 Å². The number of hydrogen-bond acceptors (Lipinski definition) is 3.